The molecule has 0 amide bonds. The zero-order chi connectivity index (χ0) is 13.9. The maximum absolute atomic E-state index is 13.7. The number of rotatable bonds is 5. The van der Waals surface area contributed by atoms with Crippen LogP contribution in [-0.2, 0) is 0 Å². The first-order chi connectivity index (χ1) is 8.90. The fraction of sp³-hybridized carbons (Fsp3) is 0.625. The summed E-state index contributed by atoms with van der Waals surface area (Å²) in [6.45, 7) is 7.35. The molecule has 19 heavy (non-hydrogen) atoms. The van der Waals surface area contributed by atoms with Crippen molar-refractivity contribution in [1.29, 1.82) is 0 Å². The second kappa shape index (κ2) is 5.49. The fourth-order valence-electron chi connectivity index (χ4n) is 2.40. The highest BCUT2D eigenvalue weighted by atomic mass is 19.1. The molecule has 0 bridgehead atoms. The van der Waals surface area contributed by atoms with Gasteiger partial charge in [0.05, 0.1) is 0 Å². The number of hydrogen-bond acceptors (Lipinski definition) is 2. The van der Waals surface area contributed by atoms with Crippen LogP contribution >= 0.6 is 0 Å². The van der Waals surface area contributed by atoms with Crippen LogP contribution in [0.15, 0.2) is 24.3 Å². The summed E-state index contributed by atoms with van der Waals surface area (Å²) in [6.07, 6.45) is 4.14. The summed E-state index contributed by atoms with van der Waals surface area (Å²) in [4.78, 5) is 0. The minimum atomic E-state index is -0.266. The highest BCUT2D eigenvalue weighted by molar-refractivity contribution is 5.25. The normalized spacial score (nSPS) is 17.9. The third kappa shape index (κ3) is 3.93. The van der Waals surface area contributed by atoms with Gasteiger partial charge in [-0.25, -0.2) is 4.39 Å². The quantitative estimate of drug-likeness (QED) is 0.871. The average molecular weight is 265 g/mol. The molecule has 0 atom stereocenters. The van der Waals surface area contributed by atoms with E-state index in [1.807, 2.05) is 6.07 Å². The molecule has 1 N–H and O–H groups in total. The lowest BCUT2D eigenvalue weighted by atomic mass is 9.77. The van der Waals surface area contributed by atoms with E-state index in [4.69, 9.17) is 4.74 Å². The van der Waals surface area contributed by atoms with Crippen LogP contribution in [0.2, 0.25) is 0 Å². The lowest BCUT2D eigenvalue weighted by Crippen LogP contribution is -2.47. The van der Waals surface area contributed by atoms with Crippen molar-refractivity contribution < 1.29 is 9.13 Å². The first-order valence-electron chi connectivity index (χ1n) is 7.09. The summed E-state index contributed by atoms with van der Waals surface area (Å²) in [5.74, 6) is 0.121. The van der Waals surface area contributed by atoms with Gasteiger partial charge in [-0.1, -0.05) is 12.1 Å². The molecule has 2 nitrogen and oxygen atoms in total. The van der Waals surface area contributed by atoms with Crippen LogP contribution in [0.1, 0.15) is 46.5 Å². The fourth-order valence-corrected chi connectivity index (χ4v) is 2.40. The van der Waals surface area contributed by atoms with Crippen molar-refractivity contribution in [3.05, 3.63) is 30.1 Å². The monoisotopic (exact) mass is 265 g/mol. The molecule has 1 saturated carbocycles. The molecule has 0 aliphatic heterocycles. The second-order valence-electron chi connectivity index (χ2n) is 6.50. The zero-order valence-corrected chi connectivity index (χ0v) is 12.1. The van der Waals surface area contributed by atoms with E-state index in [1.54, 1.807) is 12.1 Å². The van der Waals surface area contributed by atoms with Crippen molar-refractivity contribution in [2.45, 2.75) is 57.6 Å². The molecule has 1 fully saturated rings. The smallest absolute Gasteiger partial charge is 0.165 e. The highest BCUT2D eigenvalue weighted by Gasteiger charge is 2.39. The maximum Gasteiger partial charge on any atom is 0.165 e. The molecule has 3 heteroatoms. The molecule has 0 saturated heterocycles. The standard InChI is InChI=1S/C16H24FNO/c1-15(2,3)18-12-11-16(9-6-10-16)19-14-8-5-4-7-13(14)17/h4-5,7-8,18H,6,9-12H2,1-3H3. The third-order valence-corrected chi connectivity index (χ3v) is 3.66. The van der Waals surface area contributed by atoms with E-state index in [9.17, 15) is 4.39 Å². The van der Waals surface area contributed by atoms with Gasteiger partial charge in [-0.05, 0) is 65.1 Å². The first-order valence-corrected chi connectivity index (χ1v) is 7.09. The van der Waals surface area contributed by atoms with Gasteiger partial charge in [0.25, 0.3) is 0 Å². The largest absolute Gasteiger partial charge is 0.484 e. The van der Waals surface area contributed by atoms with Gasteiger partial charge in [-0.2, -0.15) is 0 Å². The van der Waals surface area contributed by atoms with Crippen molar-refractivity contribution in [2.24, 2.45) is 0 Å². The number of ether oxygens (including phenoxy) is 1. The van der Waals surface area contributed by atoms with Gasteiger partial charge in [-0.15, -0.1) is 0 Å². The molecule has 1 aromatic rings. The molecule has 0 aromatic heterocycles. The first kappa shape index (κ1) is 14.3. The molecule has 0 radical (unpaired) electrons. The van der Waals surface area contributed by atoms with Crippen molar-refractivity contribution in [1.82, 2.24) is 5.32 Å². The van der Waals surface area contributed by atoms with Gasteiger partial charge in [0, 0.05) is 5.54 Å². The Morgan fingerprint density at radius 2 is 1.95 bits per heavy atom. The van der Waals surface area contributed by atoms with Crippen LogP contribution < -0.4 is 10.1 Å². The summed E-state index contributed by atoms with van der Waals surface area (Å²) in [5, 5.41) is 3.47. The molecule has 0 unspecified atom stereocenters. The summed E-state index contributed by atoms with van der Waals surface area (Å²) >= 11 is 0. The molecule has 1 aliphatic rings. The Bertz CT molecular complexity index is 421. The van der Waals surface area contributed by atoms with Gasteiger partial charge in [0.2, 0.25) is 0 Å². The van der Waals surface area contributed by atoms with Gasteiger partial charge < -0.3 is 10.1 Å². The van der Waals surface area contributed by atoms with Crippen LogP contribution in [0, 0.1) is 5.82 Å². The number of para-hydroxylation sites is 1. The lowest BCUT2D eigenvalue weighted by Gasteiger charge is -2.42. The Hall–Kier alpha value is -1.09. The lowest BCUT2D eigenvalue weighted by molar-refractivity contribution is -0.0181. The van der Waals surface area contributed by atoms with Crippen LogP contribution in [-0.4, -0.2) is 17.7 Å². The Morgan fingerprint density at radius 3 is 2.47 bits per heavy atom. The number of nitrogens with one attached hydrogen (secondary N) is 1. The Labute approximate surface area is 115 Å². The Morgan fingerprint density at radius 1 is 1.26 bits per heavy atom. The SMILES string of the molecule is CC(C)(C)NCCC1(Oc2ccccc2F)CCC1. The van der Waals surface area contributed by atoms with Crippen LogP contribution in [0.3, 0.4) is 0 Å². The van der Waals surface area contributed by atoms with Crippen molar-refractivity contribution in [3.8, 4) is 5.75 Å². The molecule has 2 rings (SSSR count). The maximum atomic E-state index is 13.7. The predicted molar refractivity (Wildman–Crippen MR) is 76.0 cm³/mol. The third-order valence-electron chi connectivity index (χ3n) is 3.66. The summed E-state index contributed by atoms with van der Waals surface area (Å²) in [6, 6.07) is 6.68. The molecule has 1 aromatic carbocycles. The van der Waals surface area contributed by atoms with Gasteiger partial charge in [0.1, 0.15) is 5.60 Å². The molecular weight excluding hydrogens is 241 g/mol. The van der Waals surface area contributed by atoms with Gasteiger partial charge in [-0.3, -0.25) is 0 Å². The molecule has 106 valence electrons. The van der Waals surface area contributed by atoms with Crippen molar-refractivity contribution >= 4 is 0 Å². The van der Waals surface area contributed by atoms with E-state index < -0.39 is 0 Å². The van der Waals surface area contributed by atoms with Crippen molar-refractivity contribution in [2.75, 3.05) is 6.54 Å². The molecular formula is C16H24FNO. The summed E-state index contributed by atoms with van der Waals surface area (Å²) in [5.41, 5.74) is -0.0522. The average Bonchev–Trinajstić information content (AvgIpc) is 2.27. The summed E-state index contributed by atoms with van der Waals surface area (Å²) < 4.78 is 19.6. The van der Waals surface area contributed by atoms with Crippen LogP contribution in [0.4, 0.5) is 4.39 Å². The second-order valence-corrected chi connectivity index (χ2v) is 6.50. The Balaban J connectivity index is 1.94. The number of halogens is 1. The molecule has 0 spiro atoms. The minimum absolute atomic E-state index is 0.114. The van der Waals surface area contributed by atoms with E-state index in [-0.39, 0.29) is 17.0 Å². The Kier molecular flexibility index (Phi) is 4.14. The van der Waals surface area contributed by atoms with Gasteiger partial charge >= 0.3 is 0 Å². The van der Waals surface area contributed by atoms with Crippen LogP contribution in [0.25, 0.3) is 0 Å². The predicted octanol–water partition coefficient (Wildman–Crippen LogP) is 3.91. The summed E-state index contributed by atoms with van der Waals surface area (Å²) in [7, 11) is 0. The molecule has 0 heterocycles. The van der Waals surface area contributed by atoms with E-state index in [0.717, 1.165) is 25.8 Å². The van der Waals surface area contributed by atoms with E-state index in [0.29, 0.717) is 5.75 Å². The van der Waals surface area contributed by atoms with E-state index in [2.05, 4.69) is 26.1 Å². The topological polar surface area (TPSA) is 21.3 Å². The highest BCUT2D eigenvalue weighted by Crippen LogP contribution is 2.39. The number of benzene rings is 1. The zero-order valence-electron chi connectivity index (χ0n) is 12.1. The van der Waals surface area contributed by atoms with Crippen LogP contribution in [0.5, 0.6) is 5.75 Å². The molecule has 1 aliphatic carbocycles. The van der Waals surface area contributed by atoms with Crippen molar-refractivity contribution in [3.63, 3.8) is 0 Å². The van der Waals surface area contributed by atoms with Gasteiger partial charge in [0.15, 0.2) is 11.6 Å². The van der Waals surface area contributed by atoms with E-state index in [1.165, 1.54) is 12.5 Å². The van der Waals surface area contributed by atoms with E-state index >= 15 is 0 Å². The number of hydrogen-bond donors (Lipinski definition) is 1. The minimum Gasteiger partial charge on any atom is -0.484 e.